The molecule has 0 spiro atoms. The number of aliphatic hydroxyl groups excluding tert-OH is 2. The number of ether oxygens (including phenoxy) is 3. The summed E-state index contributed by atoms with van der Waals surface area (Å²) in [6, 6.07) is -0.912. The van der Waals surface area contributed by atoms with E-state index in [1.807, 2.05) is 0 Å². The van der Waals surface area contributed by atoms with E-state index in [4.69, 9.17) is 14.2 Å². The fraction of sp³-hybridized carbons (Fsp3) is 0.900. The molecule has 1 aliphatic heterocycles. The van der Waals surface area contributed by atoms with Crippen molar-refractivity contribution in [2.24, 2.45) is 0 Å². The van der Waals surface area contributed by atoms with Gasteiger partial charge in [-0.05, 0) is 0 Å². The van der Waals surface area contributed by atoms with Crippen LogP contribution < -0.4 is 5.32 Å². The maximum Gasteiger partial charge on any atom is 0.217 e. The Morgan fingerprint density at radius 3 is 2.53 bits per heavy atom. The lowest BCUT2D eigenvalue weighted by Gasteiger charge is -2.42. The van der Waals surface area contributed by atoms with Crippen molar-refractivity contribution in [2.75, 3.05) is 20.8 Å². The highest BCUT2D eigenvalue weighted by atomic mass is 16.6. The first kappa shape index (κ1) is 14.3. The normalized spacial score (nSPS) is 37.8. The summed E-state index contributed by atoms with van der Waals surface area (Å²) in [4.78, 5) is 11.0. The second-order valence-electron chi connectivity index (χ2n) is 3.94. The molecule has 0 aromatic rings. The van der Waals surface area contributed by atoms with E-state index < -0.39 is 30.6 Å². The average molecular weight is 249 g/mol. The number of hydrogen-bond donors (Lipinski definition) is 3. The van der Waals surface area contributed by atoms with Gasteiger partial charge in [0.15, 0.2) is 6.29 Å². The lowest BCUT2D eigenvalue weighted by Crippen LogP contribution is -2.64. The van der Waals surface area contributed by atoms with Gasteiger partial charge in [-0.2, -0.15) is 0 Å². The third-order valence-electron chi connectivity index (χ3n) is 2.67. The summed E-state index contributed by atoms with van der Waals surface area (Å²) in [6.07, 6.45) is -3.61. The van der Waals surface area contributed by atoms with Crippen molar-refractivity contribution in [3.63, 3.8) is 0 Å². The van der Waals surface area contributed by atoms with E-state index in [-0.39, 0.29) is 12.5 Å². The molecule has 1 fully saturated rings. The monoisotopic (exact) mass is 249 g/mol. The minimum absolute atomic E-state index is 0.180. The van der Waals surface area contributed by atoms with Crippen molar-refractivity contribution in [3.8, 4) is 0 Å². The predicted molar refractivity (Wildman–Crippen MR) is 57.2 cm³/mol. The zero-order valence-corrected chi connectivity index (χ0v) is 10.1. The third kappa shape index (κ3) is 3.36. The number of hydrogen-bond acceptors (Lipinski definition) is 6. The number of aliphatic hydroxyl groups is 2. The molecule has 1 heterocycles. The van der Waals surface area contributed by atoms with Gasteiger partial charge >= 0.3 is 0 Å². The second kappa shape index (κ2) is 6.27. The van der Waals surface area contributed by atoms with Gasteiger partial charge in [-0.25, -0.2) is 0 Å². The summed E-state index contributed by atoms with van der Waals surface area (Å²) in [5, 5.41) is 22.1. The molecule has 0 aromatic carbocycles. The van der Waals surface area contributed by atoms with Crippen LogP contribution in [-0.2, 0) is 19.0 Å². The quantitative estimate of drug-likeness (QED) is 0.545. The molecular weight excluding hydrogens is 230 g/mol. The molecule has 7 heteroatoms. The lowest BCUT2D eigenvalue weighted by atomic mass is 9.97. The number of methoxy groups -OCH3 is 2. The number of carbonyl (C=O) groups excluding carboxylic acids is 1. The first-order valence-electron chi connectivity index (χ1n) is 5.31. The topological polar surface area (TPSA) is 97.2 Å². The number of rotatable bonds is 4. The fourth-order valence-electron chi connectivity index (χ4n) is 1.92. The van der Waals surface area contributed by atoms with Crippen molar-refractivity contribution >= 4 is 5.91 Å². The van der Waals surface area contributed by atoms with Gasteiger partial charge in [0, 0.05) is 21.1 Å². The van der Waals surface area contributed by atoms with Crippen LogP contribution in [-0.4, -0.2) is 67.6 Å². The lowest BCUT2D eigenvalue weighted by molar-refractivity contribution is -0.260. The Kier molecular flexibility index (Phi) is 5.29. The average Bonchev–Trinajstić information content (AvgIpc) is 2.24. The largest absolute Gasteiger partial charge is 0.388 e. The Morgan fingerprint density at radius 2 is 2.06 bits per heavy atom. The van der Waals surface area contributed by atoms with Gasteiger partial charge in [-0.1, -0.05) is 0 Å². The molecule has 3 N–H and O–H groups in total. The summed E-state index contributed by atoms with van der Waals surface area (Å²) in [7, 11) is 2.90. The molecule has 0 radical (unpaired) electrons. The van der Waals surface area contributed by atoms with Gasteiger partial charge in [0.25, 0.3) is 0 Å². The smallest absolute Gasteiger partial charge is 0.217 e. The van der Waals surface area contributed by atoms with Gasteiger partial charge in [0.2, 0.25) is 5.91 Å². The molecule has 1 rings (SSSR count). The minimum Gasteiger partial charge on any atom is -0.388 e. The zero-order valence-electron chi connectivity index (χ0n) is 10.1. The zero-order chi connectivity index (χ0) is 13.0. The Bertz CT molecular complexity index is 261. The van der Waals surface area contributed by atoms with Crippen molar-refractivity contribution in [2.45, 2.75) is 37.6 Å². The van der Waals surface area contributed by atoms with Crippen LogP contribution in [0.15, 0.2) is 0 Å². The van der Waals surface area contributed by atoms with Gasteiger partial charge in [0.05, 0.1) is 6.61 Å². The highest BCUT2D eigenvalue weighted by Gasteiger charge is 2.45. The molecule has 0 saturated carbocycles. The van der Waals surface area contributed by atoms with E-state index in [1.165, 1.54) is 21.1 Å². The van der Waals surface area contributed by atoms with Crippen LogP contribution >= 0.6 is 0 Å². The molecule has 0 unspecified atom stereocenters. The first-order valence-corrected chi connectivity index (χ1v) is 5.31. The van der Waals surface area contributed by atoms with Crippen molar-refractivity contribution < 1.29 is 29.2 Å². The predicted octanol–water partition coefficient (Wildman–Crippen LogP) is -1.77. The highest BCUT2D eigenvalue weighted by Crippen LogP contribution is 2.22. The number of carbonyl (C=O) groups is 1. The van der Waals surface area contributed by atoms with Crippen LogP contribution in [0.4, 0.5) is 0 Å². The van der Waals surface area contributed by atoms with Gasteiger partial charge < -0.3 is 29.7 Å². The Hall–Kier alpha value is -0.730. The van der Waals surface area contributed by atoms with Crippen molar-refractivity contribution in [3.05, 3.63) is 0 Å². The van der Waals surface area contributed by atoms with E-state index in [0.717, 1.165) is 0 Å². The van der Waals surface area contributed by atoms with E-state index in [2.05, 4.69) is 5.32 Å². The molecule has 5 atom stereocenters. The highest BCUT2D eigenvalue weighted by molar-refractivity contribution is 5.73. The van der Waals surface area contributed by atoms with Crippen LogP contribution in [0.1, 0.15) is 6.92 Å². The SMILES string of the molecule is COC[C@H]1O[C@@H](O)[C@H](NC(C)=O)[C@@H](O)[C@@H]1OC. The van der Waals surface area contributed by atoms with Crippen LogP contribution in [0.2, 0.25) is 0 Å². The molecule has 100 valence electrons. The third-order valence-corrected chi connectivity index (χ3v) is 2.67. The van der Waals surface area contributed by atoms with Gasteiger partial charge in [-0.15, -0.1) is 0 Å². The summed E-state index contributed by atoms with van der Waals surface area (Å²) in [5.74, 6) is -0.364. The van der Waals surface area contributed by atoms with Crippen LogP contribution in [0, 0.1) is 0 Å². The standard InChI is InChI=1S/C10H19NO6/c1-5(12)11-7-8(13)9(16-3)6(4-15-2)17-10(7)14/h6-10,13-14H,4H2,1-3H3,(H,11,12)/t6-,7-,8-,9-,10-/m1/s1. The Balaban J connectivity index is 2.75. The fourth-order valence-corrected chi connectivity index (χ4v) is 1.92. The molecule has 7 nitrogen and oxygen atoms in total. The van der Waals surface area contributed by atoms with Gasteiger partial charge in [-0.3, -0.25) is 4.79 Å². The summed E-state index contributed by atoms with van der Waals surface area (Å²) in [6.45, 7) is 1.47. The van der Waals surface area contributed by atoms with Crippen molar-refractivity contribution in [1.82, 2.24) is 5.32 Å². The van der Waals surface area contributed by atoms with E-state index in [9.17, 15) is 15.0 Å². The first-order chi connectivity index (χ1) is 8.01. The number of nitrogens with one attached hydrogen (secondary N) is 1. The second-order valence-corrected chi connectivity index (χ2v) is 3.94. The van der Waals surface area contributed by atoms with Crippen LogP contribution in [0.25, 0.3) is 0 Å². The summed E-state index contributed by atoms with van der Waals surface area (Å²) < 4.78 is 15.3. The molecule has 0 bridgehead atoms. The van der Waals surface area contributed by atoms with E-state index >= 15 is 0 Å². The molecular formula is C10H19NO6. The molecule has 0 aliphatic carbocycles. The molecule has 1 amide bonds. The molecule has 1 aliphatic rings. The van der Waals surface area contributed by atoms with Crippen molar-refractivity contribution in [1.29, 1.82) is 0 Å². The Morgan fingerprint density at radius 1 is 1.41 bits per heavy atom. The maximum absolute atomic E-state index is 11.0. The molecule has 1 saturated heterocycles. The minimum atomic E-state index is -1.29. The maximum atomic E-state index is 11.0. The molecule has 17 heavy (non-hydrogen) atoms. The van der Waals surface area contributed by atoms with E-state index in [1.54, 1.807) is 0 Å². The van der Waals surface area contributed by atoms with Gasteiger partial charge in [0.1, 0.15) is 24.4 Å². The van der Waals surface area contributed by atoms with Crippen LogP contribution in [0.3, 0.4) is 0 Å². The van der Waals surface area contributed by atoms with Crippen LogP contribution in [0.5, 0.6) is 0 Å². The van der Waals surface area contributed by atoms with E-state index in [0.29, 0.717) is 0 Å². The summed E-state index contributed by atoms with van der Waals surface area (Å²) in [5.41, 5.74) is 0. The Labute approximate surface area is 99.7 Å². The number of amides is 1. The summed E-state index contributed by atoms with van der Waals surface area (Å²) >= 11 is 0. The molecule has 0 aromatic heterocycles.